The first kappa shape index (κ1) is 12.9. The number of benzene rings is 1. The zero-order valence-electron chi connectivity index (χ0n) is 10.9. The van der Waals surface area contributed by atoms with Gasteiger partial charge in [0.2, 0.25) is 5.91 Å². The second-order valence-electron chi connectivity index (χ2n) is 5.61. The van der Waals surface area contributed by atoms with E-state index >= 15 is 0 Å². The van der Waals surface area contributed by atoms with E-state index in [2.05, 4.69) is 22.8 Å². The molecular formula is C15H19ClN2O. The lowest BCUT2D eigenvalue weighted by Gasteiger charge is -2.25. The van der Waals surface area contributed by atoms with Crippen molar-refractivity contribution in [3.05, 3.63) is 34.9 Å². The summed E-state index contributed by atoms with van der Waals surface area (Å²) in [6, 6.07) is 8.54. The number of nitrogens with one attached hydrogen (secondary N) is 2. The van der Waals surface area contributed by atoms with Crippen LogP contribution in [0.2, 0.25) is 5.02 Å². The van der Waals surface area contributed by atoms with Crippen molar-refractivity contribution >= 4 is 17.5 Å². The molecule has 3 nitrogen and oxygen atoms in total. The maximum Gasteiger partial charge on any atom is 0.220 e. The molecule has 2 N–H and O–H groups in total. The van der Waals surface area contributed by atoms with Crippen molar-refractivity contribution in [1.82, 2.24) is 10.6 Å². The van der Waals surface area contributed by atoms with E-state index in [-0.39, 0.29) is 11.4 Å². The maximum atomic E-state index is 11.4. The maximum absolute atomic E-state index is 11.4. The lowest BCUT2D eigenvalue weighted by atomic mass is 10.0. The van der Waals surface area contributed by atoms with Gasteiger partial charge in [-0.05, 0) is 43.4 Å². The predicted molar refractivity (Wildman–Crippen MR) is 76.1 cm³/mol. The zero-order valence-corrected chi connectivity index (χ0v) is 11.7. The topological polar surface area (TPSA) is 41.1 Å². The Morgan fingerprint density at radius 2 is 2.16 bits per heavy atom. The molecule has 1 aromatic carbocycles. The van der Waals surface area contributed by atoms with Gasteiger partial charge in [0, 0.05) is 29.6 Å². The molecule has 0 radical (unpaired) electrons. The lowest BCUT2D eigenvalue weighted by molar-refractivity contribution is -0.120. The van der Waals surface area contributed by atoms with Crippen LogP contribution in [0.5, 0.6) is 0 Å². The average molecular weight is 279 g/mol. The molecule has 1 atom stereocenters. The molecule has 3 rings (SSSR count). The van der Waals surface area contributed by atoms with Crippen molar-refractivity contribution in [3.8, 4) is 0 Å². The van der Waals surface area contributed by atoms with Crippen LogP contribution in [0.4, 0.5) is 0 Å². The molecule has 1 saturated heterocycles. The number of rotatable bonds is 3. The number of amides is 1. The zero-order chi connectivity index (χ0) is 13.3. The third kappa shape index (κ3) is 2.93. The number of halogens is 1. The van der Waals surface area contributed by atoms with Crippen LogP contribution in [0.15, 0.2) is 24.3 Å². The molecule has 4 heteroatoms. The highest BCUT2D eigenvalue weighted by molar-refractivity contribution is 6.30. The van der Waals surface area contributed by atoms with Gasteiger partial charge in [-0.1, -0.05) is 23.7 Å². The SMILES string of the molecule is O=C1CCC(NC2(c3cccc(Cl)c3)CC2)CCN1. The highest BCUT2D eigenvalue weighted by Gasteiger charge is 2.45. The molecule has 1 amide bonds. The van der Waals surface area contributed by atoms with Crippen LogP contribution in [0.25, 0.3) is 0 Å². The van der Waals surface area contributed by atoms with Crippen LogP contribution < -0.4 is 10.6 Å². The number of carbonyl (C=O) groups excluding carboxylic acids is 1. The highest BCUT2D eigenvalue weighted by atomic mass is 35.5. The Bertz CT molecular complexity index is 485. The van der Waals surface area contributed by atoms with E-state index in [4.69, 9.17) is 11.6 Å². The van der Waals surface area contributed by atoms with Gasteiger partial charge < -0.3 is 10.6 Å². The number of hydrogen-bond acceptors (Lipinski definition) is 2. The molecule has 1 unspecified atom stereocenters. The van der Waals surface area contributed by atoms with Gasteiger partial charge in [-0.2, -0.15) is 0 Å². The van der Waals surface area contributed by atoms with Crippen LogP contribution in [-0.2, 0) is 10.3 Å². The molecule has 0 aromatic heterocycles. The van der Waals surface area contributed by atoms with Crippen LogP contribution in [-0.4, -0.2) is 18.5 Å². The second kappa shape index (κ2) is 5.14. The van der Waals surface area contributed by atoms with Crippen molar-refractivity contribution in [2.45, 2.75) is 43.7 Å². The Hall–Kier alpha value is -1.06. The summed E-state index contributed by atoms with van der Waals surface area (Å²) in [6.45, 7) is 0.780. The van der Waals surface area contributed by atoms with E-state index in [1.54, 1.807) is 0 Å². The predicted octanol–water partition coefficient (Wildman–Crippen LogP) is 2.59. The van der Waals surface area contributed by atoms with Crippen LogP contribution in [0, 0.1) is 0 Å². The Labute approximate surface area is 118 Å². The largest absolute Gasteiger partial charge is 0.356 e. The van der Waals surface area contributed by atoms with E-state index in [0.29, 0.717) is 12.5 Å². The van der Waals surface area contributed by atoms with Crippen molar-refractivity contribution in [3.63, 3.8) is 0 Å². The molecule has 2 fully saturated rings. The molecule has 1 aliphatic carbocycles. The van der Waals surface area contributed by atoms with Gasteiger partial charge in [-0.3, -0.25) is 4.79 Å². The van der Waals surface area contributed by atoms with Crippen LogP contribution >= 0.6 is 11.6 Å². The molecule has 0 spiro atoms. The molecule has 2 aliphatic rings. The minimum atomic E-state index is 0.100. The summed E-state index contributed by atoms with van der Waals surface area (Å²) >= 11 is 6.08. The molecule has 0 bridgehead atoms. The Balaban J connectivity index is 1.70. The quantitative estimate of drug-likeness (QED) is 0.892. The Morgan fingerprint density at radius 1 is 1.32 bits per heavy atom. The van der Waals surface area contributed by atoms with E-state index in [9.17, 15) is 4.79 Å². The third-order valence-corrected chi connectivity index (χ3v) is 4.38. The molecule has 1 aliphatic heterocycles. The van der Waals surface area contributed by atoms with E-state index in [1.807, 2.05) is 12.1 Å². The van der Waals surface area contributed by atoms with Crippen molar-refractivity contribution in [1.29, 1.82) is 0 Å². The fourth-order valence-electron chi connectivity index (χ4n) is 2.89. The average Bonchev–Trinajstić information content (AvgIpc) is 3.18. The van der Waals surface area contributed by atoms with Gasteiger partial charge in [-0.15, -0.1) is 0 Å². The fourth-order valence-corrected chi connectivity index (χ4v) is 3.08. The smallest absolute Gasteiger partial charge is 0.220 e. The third-order valence-electron chi connectivity index (χ3n) is 4.14. The highest BCUT2D eigenvalue weighted by Crippen LogP contribution is 2.46. The minimum Gasteiger partial charge on any atom is -0.356 e. The molecule has 102 valence electrons. The van der Waals surface area contributed by atoms with E-state index in [1.165, 1.54) is 5.56 Å². The number of hydrogen-bond donors (Lipinski definition) is 2. The first-order valence-corrected chi connectivity index (χ1v) is 7.36. The van der Waals surface area contributed by atoms with Gasteiger partial charge in [0.25, 0.3) is 0 Å². The normalized spacial score (nSPS) is 25.5. The Kier molecular flexibility index (Phi) is 3.50. The summed E-state index contributed by atoms with van der Waals surface area (Å²) in [5.74, 6) is 0.178. The molecular weight excluding hydrogens is 260 g/mol. The van der Waals surface area contributed by atoms with Crippen LogP contribution in [0.3, 0.4) is 0 Å². The first-order chi connectivity index (χ1) is 9.18. The van der Waals surface area contributed by atoms with Gasteiger partial charge in [-0.25, -0.2) is 0 Å². The molecule has 1 heterocycles. The standard InChI is InChI=1S/C15H19ClN2O/c16-12-3-1-2-11(10-12)15(7-8-15)18-13-4-5-14(19)17-9-6-13/h1-3,10,13,18H,4-9H2,(H,17,19). The molecule has 19 heavy (non-hydrogen) atoms. The lowest BCUT2D eigenvalue weighted by Crippen LogP contribution is -2.38. The van der Waals surface area contributed by atoms with Gasteiger partial charge in [0.05, 0.1) is 0 Å². The number of carbonyl (C=O) groups is 1. The second-order valence-corrected chi connectivity index (χ2v) is 6.05. The summed E-state index contributed by atoms with van der Waals surface area (Å²) in [5.41, 5.74) is 1.38. The summed E-state index contributed by atoms with van der Waals surface area (Å²) in [5, 5.41) is 7.48. The molecule has 1 aromatic rings. The van der Waals surface area contributed by atoms with E-state index in [0.717, 1.165) is 37.3 Å². The van der Waals surface area contributed by atoms with E-state index < -0.39 is 0 Å². The monoisotopic (exact) mass is 278 g/mol. The summed E-state index contributed by atoms with van der Waals surface area (Å²) in [4.78, 5) is 11.4. The van der Waals surface area contributed by atoms with Gasteiger partial charge in [0.1, 0.15) is 0 Å². The van der Waals surface area contributed by atoms with Crippen molar-refractivity contribution < 1.29 is 4.79 Å². The van der Waals surface area contributed by atoms with Gasteiger partial charge >= 0.3 is 0 Å². The Morgan fingerprint density at radius 3 is 2.89 bits per heavy atom. The minimum absolute atomic E-state index is 0.100. The summed E-state index contributed by atoms with van der Waals surface area (Å²) in [7, 11) is 0. The first-order valence-electron chi connectivity index (χ1n) is 6.98. The summed E-state index contributed by atoms with van der Waals surface area (Å²) in [6.07, 6.45) is 4.88. The van der Waals surface area contributed by atoms with Crippen LogP contribution in [0.1, 0.15) is 37.7 Å². The van der Waals surface area contributed by atoms with Crippen molar-refractivity contribution in [2.24, 2.45) is 0 Å². The fraction of sp³-hybridized carbons (Fsp3) is 0.533. The summed E-state index contributed by atoms with van der Waals surface area (Å²) < 4.78 is 0. The molecule has 1 saturated carbocycles. The van der Waals surface area contributed by atoms with Crippen molar-refractivity contribution in [2.75, 3.05) is 6.54 Å². The van der Waals surface area contributed by atoms with Gasteiger partial charge in [0.15, 0.2) is 0 Å².